The normalized spacial score (nSPS) is 10.3. The number of amides is 2. The summed E-state index contributed by atoms with van der Waals surface area (Å²) < 4.78 is 5.18. The number of hydrogen-bond acceptors (Lipinski definition) is 3. The first kappa shape index (κ1) is 17.5. The summed E-state index contributed by atoms with van der Waals surface area (Å²) in [5.41, 5.74) is 2.06. The fourth-order valence-electron chi connectivity index (χ4n) is 2.55. The molecule has 0 aliphatic rings. The second-order valence-corrected chi connectivity index (χ2v) is 5.83. The molecule has 0 radical (unpaired) electrons. The van der Waals surface area contributed by atoms with Crippen LogP contribution in [0.2, 0.25) is 0 Å². The number of benzene rings is 2. The summed E-state index contributed by atoms with van der Waals surface area (Å²) in [7, 11) is 0. The Morgan fingerprint density at radius 2 is 1.54 bits per heavy atom. The molecule has 1 heterocycles. The first-order chi connectivity index (χ1) is 12.7. The fourth-order valence-corrected chi connectivity index (χ4v) is 2.55. The van der Waals surface area contributed by atoms with Crippen LogP contribution in [0, 0.1) is 0 Å². The van der Waals surface area contributed by atoms with Gasteiger partial charge in [-0.3, -0.25) is 9.59 Å². The van der Waals surface area contributed by atoms with Crippen molar-refractivity contribution in [2.45, 2.75) is 13.0 Å². The highest BCUT2D eigenvalue weighted by atomic mass is 16.3. The maximum atomic E-state index is 12.3. The lowest BCUT2D eigenvalue weighted by Crippen LogP contribution is -2.27. The average Bonchev–Trinajstić information content (AvgIpc) is 3.20. The van der Waals surface area contributed by atoms with Crippen LogP contribution in [0.15, 0.2) is 77.4 Å². The molecule has 0 fully saturated rings. The highest BCUT2D eigenvalue weighted by Crippen LogP contribution is 2.07. The van der Waals surface area contributed by atoms with Crippen molar-refractivity contribution in [2.24, 2.45) is 0 Å². The van der Waals surface area contributed by atoms with Gasteiger partial charge in [0, 0.05) is 17.7 Å². The zero-order chi connectivity index (χ0) is 18.2. The van der Waals surface area contributed by atoms with Gasteiger partial charge in [0.05, 0.1) is 12.8 Å². The van der Waals surface area contributed by atoms with Gasteiger partial charge in [0.25, 0.3) is 11.8 Å². The summed E-state index contributed by atoms with van der Waals surface area (Å²) in [5.74, 6) is 0.232. The third kappa shape index (κ3) is 4.83. The molecule has 2 N–H and O–H groups in total. The minimum atomic E-state index is -0.250. The monoisotopic (exact) mass is 348 g/mol. The van der Waals surface area contributed by atoms with Gasteiger partial charge >= 0.3 is 0 Å². The van der Waals surface area contributed by atoms with Gasteiger partial charge < -0.3 is 15.1 Å². The number of carbonyl (C=O) groups excluding carboxylic acids is 2. The molecule has 0 saturated heterocycles. The quantitative estimate of drug-likeness (QED) is 0.689. The first-order valence-electron chi connectivity index (χ1n) is 8.45. The van der Waals surface area contributed by atoms with Crippen LogP contribution in [0.25, 0.3) is 0 Å². The average molecular weight is 348 g/mol. The van der Waals surface area contributed by atoms with Crippen LogP contribution in [-0.4, -0.2) is 18.4 Å². The van der Waals surface area contributed by atoms with Crippen molar-refractivity contribution in [3.05, 3.63) is 95.4 Å². The molecule has 2 amide bonds. The van der Waals surface area contributed by atoms with Crippen LogP contribution in [0.4, 0.5) is 0 Å². The number of hydrogen-bond donors (Lipinski definition) is 2. The second-order valence-electron chi connectivity index (χ2n) is 5.83. The Hall–Kier alpha value is -3.34. The van der Waals surface area contributed by atoms with Crippen LogP contribution in [0.3, 0.4) is 0 Å². The molecule has 3 aromatic rings. The summed E-state index contributed by atoms with van der Waals surface area (Å²) >= 11 is 0. The Morgan fingerprint density at radius 1 is 0.808 bits per heavy atom. The van der Waals surface area contributed by atoms with Crippen LogP contribution in [-0.2, 0) is 13.0 Å². The standard InChI is InChI=1S/C21H20N2O3/c24-20(22-12-11-16-6-2-1-3-7-16)17-8-4-9-18(14-17)21(25)23-15-19-10-5-13-26-19/h1-10,13-14H,11-12,15H2,(H,22,24)(H,23,25). The molecule has 2 aromatic carbocycles. The summed E-state index contributed by atoms with van der Waals surface area (Å²) in [6, 6.07) is 20.2. The van der Waals surface area contributed by atoms with Gasteiger partial charge in [0.2, 0.25) is 0 Å². The molecule has 5 nitrogen and oxygen atoms in total. The van der Waals surface area contributed by atoms with E-state index in [9.17, 15) is 9.59 Å². The van der Waals surface area contributed by atoms with Gasteiger partial charge in [0.1, 0.15) is 5.76 Å². The largest absolute Gasteiger partial charge is 0.467 e. The Labute approximate surface area is 152 Å². The van der Waals surface area contributed by atoms with E-state index in [1.807, 2.05) is 30.3 Å². The molecule has 3 rings (SSSR count). The third-order valence-electron chi connectivity index (χ3n) is 3.93. The van der Waals surface area contributed by atoms with E-state index in [0.29, 0.717) is 30.0 Å². The smallest absolute Gasteiger partial charge is 0.251 e. The van der Waals surface area contributed by atoms with Gasteiger partial charge in [-0.1, -0.05) is 36.4 Å². The maximum absolute atomic E-state index is 12.3. The van der Waals surface area contributed by atoms with Crippen LogP contribution >= 0.6 is 0 Å². The molecule has 0 aliphatic carbocycles. The molecule has 0 aliphatic heterocycles. The first-order valence-corrected chi connectivity index (χ1v) is 8.45. The molecule has 0 atom stereocenters. The van der Waals surface area contributed by atoms with Gasteiger partial charge in [0.15, 0.2) is 0 Å². The molecule has 132 valence electrons. The van der Waals surface area contributed by atoms with Crippen LogP contribution < -0.4 is 10.6 Å². The lowest BCUT2D eigenvalue weighted by atomic mass is 10.1. The molecule has 0 unspecified atom stereocenters. The van der Waals surface area contributed by atoms with Crippen molar-refractivity contribution in [3.63, 3.8) is 0 Å². The lowest BCUT2D eigenvalue weighted by Gasteiger charge is -2.08. The number of carbonyl (C=O) groups is 2. The van der Waals surface area contributed by atoms with Crippen molar-refractivity contribution in [3.8, 4) is 0 Å². The van der Waals surface area contributed by atoms with Gasteiger partial charge in [-0.2, -0.15) is 0 Å². The van der Waals surface area contributed by atoms with Crippen LogP contribution in [0.1, 0.15) is 32.0 Å². The molecule has 5 heteroatoms. The predicted octanol–water partition coefficient (Wildman–Crippen LogP) is 3.18. The molecular weight excluding hydrogens is 328 g/mol. The Bertz CT molecular complexity index is 858. The van der Waals surface area contributed by atoms with Crippen molar-refractivity contribution in [1.82, 2.24) is 10.6 Å². The van der Waals surface area contributed by atoms with Crippen molar-refractivity contribution in [1.29, 1.82) is 0 Å². The number of rotatable bonds is 7. The Kier molecular flexibility index (Phi) is 5.83. The molecule has 0 bridgehead atoms. The summed E-state index contributed by atoms with van der Waals surface area (Å²) in [5, 5.41) is 5.65. The maximum Gasteiger partial charge on any atom is 0.251 e. The van der Waals surface area contributed by atoms with Crippen LogP contribution in [0.5, 0.6) is 0 Å². The zero-order valence-electron chi connectivity index (χ0n) is 14.3. The summed E-state index contributed by atoms with van der Waals surface area (Å²) in [4.78, 5) is 24.5. The van der Waals surface area contributed by atoms with Gasteiger partial charge in [-0.25, -0.2) is 0 Å². The Morgan fingerprint density at radius 3 is 2.23 bits per heavy atom. The van der Waals surface area contributed by atoms with E-state index in [1.165, 1.54) is 5.56 Å². The van der Waals surface area contributed by atoms with Crippen molar-refractivity contribution >= 4 is 11.8 Å². The topological polar surface area (TPSA) is 71.3 Å². The highest BCUT2D eigenvalue weighted by molar-refractivity contribution is 5.99. The second kappa shape index (κ2) is 8.67. The van der Waals surface area contributed by atoms with E-state index in [1.54, 1.807) is 42.7 Å². The summed E-state index contributed by atoms with van der Waals surface area (Å²) in [6.45, 7) is 0.844. The number of furan rings is 1. The van der Waals surface area contributed by atoms with E-state index in [0.717, 1.165) is 6.42 Å². The molecule has 1 aromatic heterocycles. The van der Waals surface area contributed by atoms with E-state index in [4.69, 9.17) is 4.42 Å². The Balaban J connectivity index is 1.54. The minimum absolute atomic E-state index is 0.193. The molecular formula is C21H20N2O3. The van der Waals surface area contributed by atoms with Crippen molar-refractivity contribution < 1.29 is 14.0 Å². The molecule has 26 heavy (non-hydrogen) atoms. The van der Waals surface area contributed by atoms with E-state index in [-0.39, 0.29) is 11.8 Å². The lowest BCUT2D eigenvalue weighted by molar-refractivity contribution is 0.0948. The number of nitrogens with one attached hydrogen (secondary N) is 2. The van der Waals surface area contributed by atoms with Gasteiger partial charge in [-0.05, 0) is 42.3 Å². The fraction of sp³-hybridized carbons (Fsp3) is 0.143. The predicted molar refractivity (Wildman–Crippen MR) is 98.8 cm³/mol. The van der Waals surface area contributed by atoms with Crippen molar-refractivity contribution in [2.75, 3.05) is 6.54 Å². The van der Waals surface area contributed by atoms with E-state index in [2.05, 4.69) is 10.6 Å². The molecule has 0 spiro atoms. The molecule has 0 saturated carbocycles. The summed E-state index contributed by atoms with van der Waals surface area (Å²) in [6.07, 6.45) is 2.32. The highest BCUT2D eigenvalue weighted by Gasteiger charge is 2.10. The SMILES string of the molecule is O=C(NCCc1ccccc1)c1cccc(C(=O)NCc2ccco2)c1. The van der Waals surface area contributed by atoms with Gasteiger partial charge in [-0.15, -0.1) is 0 Å². The van der Waals surface area contributed by atoms with E-state index < -0.39 is 0 Å². The zero-order valence-corrected chi connectivity index (χ0v) is 14.3. The van der Waals surface area contributed by atoms with E-state index >= 15 is 0 Å². The third-order valence-corrected chi connectivity index (χ3v) is 3.93. The minimum Gasteiger partial charge on any atom is -0.467 e.